The molecule has 1 aromatic carbocycles. The fourth-order valence-corrected chi connectivity index (χ4v) is 1.96. The highest BCUT2D eigenvalue weighted by molar-refractivity contribution is 6.16. The highest BCUT2D eigenvalue weighted by atomic mass is 35.5. The molecule has 0 bridgehead atoms. The summed E-state index contributed by atoms with van der Waals surface area (Å²) in [5.74, 6) is 1.45. The maximum Gasteiger partial charge on any atom is 0.167 e. The number of rotatable bonds is 5. The van der Waals surface area contributed by atoms with E-state index in [0.29, 0.717) is 11.6 Å². The maximum atomic E-state index is 5.85. The van der Waals surface area contributed by atoms with Gasteiger partial charge in [-0.15, -0.1) is 11.6 Å². The highest BCUT2D eigenvalue weighted by Crippen LogP contribution is 2.26. The lowest BCUT2D eigenvalue weighted by Gasteiger charge is -2.27. The Hall–Kier alpha value is -1.43. The third-order valence-corrected chi connectivity index (χ3v) is 3.06. The Morgan fingerprint density at radius 1 is 1.26 bits per heavy atom. The van der Waals surface area contributed by atoms with Crippen molar-refractivity contribution in [1.82, 2.24) is 9.97 Å². The minimum Gasteiger partial charge on any atom is -0.360 e. The lowest BCUT2D eigenvalue weighted by atomic mass is 10.2. The Bertz CT molecular complexity index is 565. The molecule has 0 radical (unpaired) electrons. The van der Waals surface area contributed by atoms with Crippen LogP contribution in [-0.4, -0.2) is 30.4 Å². The van der Waals surface area contributed by atoms with Crippen molar-refractivity contribution in [3.8, 4) is 0 Å². The van der Waals surface area contributed by atoms with Crippen molar-refractivity contribution in [2.75, 3.05) is 19.3 Å². The number of aromatic nitrogens is 2. The Morgan fingerprint density at radius 2 is 2.00 bits per heavy atom. The molecule has 1 atom stereocenters. The van der Waals surface area contributed by atoms with Gasteiger partial charge < -0.3 is 4.74 Å². The van der Waals surface area contributed by atoms with Crippen LogP contribution in [0.4, 0.5) is 5.82 Å². The Balaban J connectivity index is 2.62. The number of para-hydroxylation sites is 1. The van der Waals surface area contributed by atoms with Crippen LogP contribution in [0.15, 0.2) is 24.3 Å². The fraction of sp³-hybridized carbons (Fsp3) is 0.385. The first-order valence-electron chi connectivity index (χ1n) is 5.89. The van der Waals surface area contributed by atoms with Crippen LogP contribution in [0.25, 0.3) is 10.9 Å². The van der Waals surface area contributed by atoms with E-state index in [2.05, 4.69) is 9.97 Å². The van der Waals surface area contributed by atoms with Gasteiger partial charge >= 0.3 is 0 Å². The van der Waals surface area contributed by atoms with E-state index >= 15 is 0 Å². The second-order valence-corrected chi connectivity index (χ2v) is 4.22. The van der Waals surface area contributed by atoms with Gasteiger partial charge in [0.15, 0.2) is 12.0 Å². The summed E-state index contributed by atoms with van der Waals surface area (Å²) < 4.78 is 5.29. The van der Waals surface area contributed by atoms with Crippen molar-refractivity contribution in [3.05, 3.63) is 30.1 Å². The van der Waals surface area contributed by atoms with Gasteiger partial charge in [-0.3, -0.25) is 4.84 Å². The van der Waals surface area contributed by atoms with Gasteiger partial charge in [0, 0.05) is 12.5 Å². The third kappa shape index (κ3) is 2.78. The third-order valence-electron chi connectivity index (χ3n) is 2.83. The first kappa shape index (κ1) is 14.0. The van der Waals surface area contributed by atoms with Crippen LogP contribution in [0.3, 0.4) is 0 Å². The van der Waals surface area contributed by atoms with Crippen molar-refractivity contribution in [3.63, 3.8) is 0 Å². The van der Waals surface area contributed by atoms with Crippen LogP contribution >= 0.6 is 11.6 Å². The van der Waals surface area contributed by atoms with E-state index in [9.17, 15) is 0 Å². The second-order valence-electron chi connectivity index (χ2n) is 3.96. The zero-order valence-electron chi connectivity index (χ0n) is 11.1. The molecule has 0 aliphatic heterocycles. The van der Waals surface area contributed by atoms with Gasteiger partial charge in [0.05, 0.1) is 18.5 Å². The number of benzene rings is 1. The number of hydrogen-bond acceptors (Lipinski definition) is 5. The first-order valence-corrected chi connectivity index (χ1v) is 6.42. The van der Waals surface area contributed by atoms with Crippen molar-refractivity contribution in [2.45, 2.75) is 19.0 Å². The number of hydrogen-bond donors (Lipinski definition) is 0. The summed E-state index contributed by atoms with van der Waals surface area (Å²) in [5, 5.41) is 2.49. The van der Waals surface area contributed by atoms with Crippen molar-refractivity contribution in [2.24, 2.45) is 0 Å². The molecule has 1 unspecified atom stereocenters. The molecule has 0 aliphatic rings. The number of hydroxylamine groups is 1. The number of nitrogens with zero attached hydrogens (tertiary/aromatic N) is 3. The Labute approximate surface area is 117 Å². The summed E-state index contributed by atoms with van der Waals surface area (Å²) in [6.07, 6.45) is -0.272. The summed E-state index contributed by atoms with van der Waals surface area (Å²) in [5.41, 5.74) is 0.827. The van der Waals surface area contributed by atoms with Crippen LogP contribution in [-0.2, 0) is 15.5 Å². The van der Waals surface area contributed by atoms with Crippen LogP contribution in [0.1, 0.15) is 12.7 Å². The standard InChI is InChI=1S/C13H16ClN3O2/c1-9(18-2)17(19-3)13-10-6-4-5-7-11(10)15-12(8-14)16-13/h4-7,9H,8H2,1-3H3. The molecule has 1 heterocycles. The van der Waals surface area contributed by atoms with Crippen molar-refractivity contribution >= 4 is 28.3 Å². The number of fused-ring (bicyclic) bond motifs is 1. The number of alkyl halides is 1. The van der Waals surface area contributed by atoms with Crippen LogP contribution in [0.5, 0.6) is 0 Å². The SMILES string of the molecule is COC(C)N(OC)c1nc(CCl)nc2ccccc12. The van der Waals surface area contributed by atoms with Gasteiger partial charge in [-0.25, -0.2) is 15.0 Å². The molecule has 0 spiro atoms. The largest absolute Gasteiger partial charge is 0.360 e. The van der Waals surface area contributed by atoms with E-state index in [4.69, 9.17) is 21.2 Å². The molecule has 0 amide bonds. The van der Waals surface area contributed by atoms with E-state index < -0.39 is 0 Å². The molecule has 0 fully saturated rings. The fourth-order valence-electron chi connectivity index (χ4n) is 1.84. The summed E-state index contributed by atoms with van der Waals surface area (Å²) in [6.45, 7) is 1.88. The van der Waals surface area contributed by atoms with Crippen molar-refractivity contribution < 1.29 is 9.57 Å². The summed E-state index contributed by atoms with van der Waals surface area (Å²) in [7, 11) is 3.19. The van der Waals surface area contributed by atoms with E-state index in [1.54, 1.807) is 19.3 Å². The highest BCUT2D eigenvalue weighted by Gasteiger charge is 2.19. The first-order chi connectivity index (χ1) is 9.21. The lowest BCUT2D eigenvalue weighted by molar-refractivity contribution is 0.0138. The second kappa shape index (κ2) is 6.14. The Kier molecular flexibility index (Phi) is 4.52. The molecule has 0 saturated carbocycles. The van der Waals surface area contributed by atoms with Crippen LogP contribution in [0.2, 0.25) is 0 Å². The predicted molar refractivity (Wildman–Crippen MR) is 75.1 cm³/mol. The summed E-state index contributed by atoms with van der Waals surface area (Å²) in [4.78, 5) is 14.2. The molecule has 0 aliphatic carbocycles. The van der Waals surface area contributed by atoms with Gasteiger partial charge in [-0.2, -0.15) is 0 Å². The molecule has 5 nitrogen and oxygen atoms in total. The zero-order chi connectivity index (χ0) is 13.8. The monoisotopic (exact) mass is 281 g/mol. The molecule has 0 N–H and O–H groups in total. The molecule has 6 heteroatoms. The normalized spacial score (nSPS) is 12.6. The quantitative estimate of drug-likeness (QED) is 0.479. The lowest BCUT2D eigenvalue weighted by Crippen LogP contribution is -2.34. The summed E-state index contributed by atoms with van der Waals surface area (Å²) in [6, 6.07) is 7.72. The van der Waals surface area contributed by atoms with Gasteiger partial charge in [0.1, 0.15) is 5.82 Å². The molecular weight excluding hydrogens is 266 g/mol. The topological polar surface area (TPSA) is 47.5 Å². The minimum atomic E-state index is -0.272. The van der Waals surface area contributed by atoms with Gasteiger partial charge in [0.2, 0.25) is 0 Å². The number of methoxy groups -OCH3 is 1. The van der Waals surface area contributed by atoms with E-state index in [1.165, 1.54) is 0 Å². The average molecular weight is 282 g/mol. The molecule has 19 heavy (non-hydrogen) atoms. The van der Waals surface area contributed by atoms with E-state index in [-0.39, 0.29) is 12.1 Å². The smallest absolute Gasteiger partial charge is 0.167 e. The molecule has 2 aromatic rings. The van der Waals surface area contributed by atoms with E-state index in [0.717, 1.165) is 10.9 Å². The molecule has 1 aromatic heterocycles. The molecule has 0 saturated heterocycles. The van der Waals surface area contributed by atoms with Crippen LogP contribution in [0, 0.1) is 0 Å². The number of halogens is 1. The number of anilines is 1. The predicted octanol–water partition coefficient (Wildman–Crippen LogP) is 2.73. The number of ether oxygens (including phenoxy) is 1. The summed E-state index contributed by atoms with van der Waals surface area (Å²) >= 11 is 5.85. The molecule has 2 rings (SSSR count). The van der Waals surface area contributed by atoms with Gasteiger partial charge in [-0.1, -0.05) is 12.1 Å². The minimum absolute atomic E-state index is 0.247. The molecular formula is C13H16ClN3O2. The zero-order valence-corrected chi connectivity index (χ0v) is 11.9. The van der Waals surface area contributed by atoms with Crippen molar-refractivity contribution in [1.29, 1.82) is 0 Å². The maximum absolute atomic E-state index is 5.85. The molecule has 102 valence electrons. The average Bonchev–Trinajstić information content (AvgIpc) is 2.47. The van der Waals surface area contributed by atoms with Gasteiger partial charge in [0.25, 0.3) is 0 Å². The van der Waals surface area contributed by atoms with Gasteiger partial charge in [-0.05, 0) is 19.1 Å². The Morgan fingerprint density at radius 3 is 2.63 bits per heavy atom. The van der Waals surface area contributed by atoms with E-state index in [1.807, 2.05) is 31.2 Å². The van der Waals surface area contributed by atoms with Crippen LogP contribution < -0.4 is 5.06 Å².